The van der Waals surface area contributed by atoms with Crippen molar-refractivity contribution in [1.82, 2.24) is 20.7 Å². The van der Waals surface area contributed by atoms with Crippen LogP contribution in [0.3, 0.4) is 0 Å². The van der Waals surface area contributed by atoms with Crippen molar-refractivity contribution < 1.29 is 43.4 Å². The molecule has 15 nitrogen and oxygen atoms in total. The molecule has 0 aliphatic carbocycles. The monoisotopic (exact) mass is 605 g/mol. The molecule has 4 N–H and O–H groups in total. The second kappa shape index (κ2) is 14.6. The van der Waals surface area contributed by atoms with Crippen molar-refractivity contribution >= 4 is 47.4 Å². The van der Waals surface area contributed by atoms with Gasteiger partial charge in [-0.05, 0) is 68.5 Å². The number of amides is 5. The Morgan fingerprint density at radius 1 is 1.05 bits per heavy atom. The zero-order valence-corrected chi connectivity index (χ0v) is 23.6. The maximum atomic E-state index is 13.7. The molecular formula is C29H31N7O8. The van der Waals surface area contributed by atoms with Crippen molar-refractivity contribution in [2.45, 2.75) is 56.7 Å². The number of carbonyl (C=O) groups is 6. The van der Waals surface area contributed by atoms with Gasteiger partial charge >= 0.3 is 12.2 Å². The first-order valence-electron chi connectivity index (χ1n) is 13.9. The minimum atomic E-state index is -1.44. The van der Waals surface area contributed by atoms with Gasteiger partial charge in [-0.1, -0.05) is 18.2 Å². The molecule has 0 radical (unpaired) electrons. The van der Waals surface area contributed by atoms with E-state index < -0.39 is 60.1 Å². The molecule has 4 rings (SSSR count). The first-order chi connectivity index (χ1) is 21.2. The largest absolute Gasteiger partial charge is 0.550 e. The number of rotatable bonds is 11. The highest BCUT2D eigenvalue weighted by molar-refractivity contribution is 6.28. The number of ether oxygens (including phenoxy) is 1. The lowest BCUT2D eigenvalue weighted by atomic mass is 10.0. The van der Waals surface area contributed by atoms with E-state index in [1.807, 2.05) is 18.2 Å². The third-order valence-corrected chi connectivity index (χ3v) is 7.05. The molecule has 2 heterocycles. The van der Waals surface area contributed by atoms with Gasteiger partial charge in [0.2, 0.25) is 11.8 Å². The maximum Gasteiger partial charge on any atom is 0.374 e. The number of hydrogen-bond acceptors (Lipinski definition) is 9. The lowest BCUT2D eigenvalue weighted by Gasteiger charge is -2.43. The Morgan fingerprint density at radius 2 is 1.75 bits per heavy atom. The summed E-state index contributed by atoms with van der Waals surface area (Å²) in [6.07, 6.45) is 0.197. The third kappa shape index (κ3) is 8.04. The van der Waals surface area contributed by atoms with Gasteiger partial charge in [0.1, 0.15) is 23.6 Å². The highest BCUT2D eigenvalue weighted by atomic mass is 16.5. The van der Waals surface area contributed by atoms with E-state index in [2.05, 4.69) is 20.7 Å². The van der Waals surface area contributed by atoms with Gasteiger partial charge in [-0.3, -0.25) is 24.2 Å². The Kier molecular flexibility index (Phi) is 10.4. The molecule has 3 atom stereocenters. The highest BCUT2D eigenvalue weighted by Gasteiger charge is 2.45. The van der Waals surface area contributed by atoms with Crippen molar-refractivity contribution in [3.8, 4) is 11.5 Å². The molecule has 5 amide bonds. The fraction of sp³-hybridized carbons (Fsp3) is 0.345. The number of ketones is 1. The number of urea groups is 1. The fourth-order valence-corrected chi connectivity index (χ4v) is 4.93. The minimum absolute atomic E-state index is 0.0109. The number of hydrazine groups is 1. The molecule has 230 valence electrons. The molecule has 2 aromatic carbocycles. The normalized spacial score (nSPS) is 18.5. The number of carboxylic acids is 1. The summed E-state index contributed by atoms with van der Waals surface area (Å²) in [6.45, 7) is 0.170. The number of hydrogen-bond donors (Lipinski definition) is 4. The summed E-state index contributed by atoms with van der Waals surface area (Å²) in [5.41, 5.74) is 7.30. The number of benzene rings is 2. The van der Waals surface area contributed by atoms with Crippen LogP contribution in [0.25, 0.3) is 0 Å². The van der Waals surface area contributed by atoms with E-state index in [1.165, 1.54) is 5.01 Å². The summed E-state index contributed by atoms with van der Waals surface area (Å²) < 4.78 is 5.74. The smallest absolute Gasteiger partial charge is 0.374 e. The Morgan fingerprint density at radius 3 is 2.43 bits per heavy atom. The Labute approximate surface area is 251 Å². The predicted molar refractivity (Wildman–Crippen MR) is 150 cm³/mol. The number of Topliss-reactive ketones (excluding diaryl/α,β-unsaturated/α-hetero) is 1. The average molecular weight is 606 g/mol. The zero-order valence-electron chi connectivity index (χ0n) is 23.6. The summed E-state index contributed by atoms with van der Waals surface area (Å²) in [5.74, 6) is -2.97. The summed E-state index contributed by atoms with van der Waals surface area (Å²) >= 11 is 0. The predicted octanol–water partition coefficient (Wildman–Crippen LogP) is 0.391. The van der Waals surface area contributed by atoms with E-state index >= 15 is 0 Å². The van der Waals surface area contributed by atoms with Crippen LogP contribution in [0, 0.1) is 5.53 Å². The first kappa shape index (κ1) is 31.4. The van der Waals surface area contributed by atoms with Crippen molar-refractivity contribution in [1.29, 1.82) is 5.53 Å². The number of fused-ring (bicyclic) bond motifs is 1. The SMILES string of the molecule is N=[N+]=CC(=O)[C@H](CCC(=O)[O-])NC(=O)[C@@H]1CCCN2C(=O)CC[C@H](NC(=O)Nc3ccc(Oc4ccccc4)cc3)C(=O)N12. The van der Waals surface area contributed by atoms with Gasteiger partial charge in [-0.15, -0.1) is 0 Å². The number of anilines is 1. The number of carboxylic acid groups (broad SMARTS) is 1. The van der Waals surface area contributed by atoms with Gasteiger partial charge in [0.05, 0.1) is 16.4 Å². The fourth-order valence-electron chi connectivity index (χ4n) is 4.93. The number of carbonyl (C=O) groups excluding carboxylic acids is 6. The lowest BCUT2D eigenvalue weighted by Crippen LogP contribution is -2.64. The standard InChI is InChI=1S/C29H31N7O8/c30-31-17-24(37)21(13-15-26(39)40)33-27(41)23-7-4-16-35-25(38)14-12-22(28(42)36(23)35)34-29(43)32-18-8-10-20(11-9-18)44-19-5-2-1-3-6-19/h1-3,5-6,8-11,17,21-23,30H,4,7,12-16H2,(H3-,32,33,34,39,40,41,43)/t21-,22-,23-/m0/s1. The van der Waals surface area contributed by atoms with Crippen LogP contribution in [0.15, 0.2) is 54.6 Å². The van der Waals surface area contributed by atoms with Crippen LogP contribution in [-0.2, 0) is 24.0 Å². The van der Waals surface area contributed by atoms with Crippen LogP contribution in [0.2, 0.25) is 0 Å². The van der Waals surface area contributed by atoms with E-state index in [-0.39, 0.29) is 32.2 Å². The summed E-state index contributed by atoms with van der Waals surface area (Å²) in [6, 6.07) is 11.3. The molecule has 0 spiro atoms. The highest BCUT2D eigenvalue weighted by Crippen LogP contribution is 2.26. The molecule has 2 fully saturated rings. The third-order valence-electron chi connectivity index (χ3n) is 7.05. The van der Waals surface area contributed by atoms with Crippen molar-refractivity contribution in [2.24, 2.45) is 0 Å². The van der Waals surface area contributed by atoms with E-state index in [4.69, 9.17) is 10.3 Å². The van der Waals surface area contributed by atoms with Gasteiger partial charge in [0.15, 0.2) is 0 Å². The van der Waals surface area contributed by atoms with Crippen LogP contribution >= 0.6 is 0 Å². The molecule has 0 bridgehead atoms. The first-order valence-corrected chi connectivity index (χ1v) is 13.9. The molecule has 2 aliphatic heterocycles. The van der Waals surface area contributed by atoms with Gasteiger partial charge in [0, 0.05) is 24.6 Å². The molecule has 15 heteroatoms. The second-order valence-corrected chi connectivity index (χ2v) is 10.1. The van der Waals surface area contributed by atoms with Crippen LogP contribution < -0.4 is 25.8 Å². The molecule has 2 saturated heterocycles. The average Bonchev–Trinajstić information content (AvgIpc) is 3.12. The van der Waals surface area contributed by atoms with Crippen LogP contribution in [0.1, 0.15) is 38.5 Å². The second-order valence-electron chi connectivity index (χ2n) is 10.1. The van der Waals surface area contributed by atoms with Crippen LogP contribution in [0.4, 0.5) is 10.5 Å². The van der Waals surface area contributed by atoms with Crippen molar-refractivity contribution in [3.63, 3.8) is 0 Å². The van der Waals surface area contributed by atoms with Gasteiger partial charge in [-0.2, -0.15) is 0 Å². The van der Waals surface area contributed by atoms with Crippen LogP contribution in [-0.4, -0.2) is 81.2 Å². The van der Waals surface area contributed by atoms with E-state index in [1.54, 1.807) is 36.4 Å². The summed E-state index contributed by atoms with van der Waals surface area (Å²) in [5, 5.41) is 20.8. The van der Waals surface area contributed by atoms with Crippen LogP contribution in [0.5, 0.6) is 11.5 Å². The zero-order chi connectivity index (χ0) is 31.6. The Hall–Kier alpha value is -5.56. The maximum absolute atomic E-state index is 13.7. The van der Waals surface area contributed by atoms with Gasteiger partial charge < -0.3 is 30.6 Å². The topological polar surface area (TPSA) is 215 Å². The van der Waals surface area contributed by atoms with E-state index in [0.717, 1.165) is 5.01 Å². The molecule has 0 aromatic heterocycles. The quantitative estimate of drug-likeness (QED) is 0.159. The molecular weight excluding hydrogens is 574 g/mol. The summed E-state index contributed by atoms with van der Waals surface area (Å²) in [4.78, 5) is 79.0. The Bertz CT molecular complexity index is 1460. The lowest BCUT2D eigenvalue weighted by molar-refractivity contribution is -0.305. The minimum Gasteiger partial charge on any atom is -0.550 e. The number of para-hydroxylation sites is 1. The number of nitrogens with zero attached hydrogens (tertiary/aromatic N) is 3. The van der Waals surface area contributed by atoms with Gasteiger partial charge in [0.25, 0.3) is 11.7 Å². The summed E-state index contributed by atoms with van der Waals surface area (Å²) in [7, 11) is 0. The molecule has 44 heavy (non-hydrogen) atoms. The van der Waals surface area contributed by atoms with E-state index in [9.17, 15) is 33.9 Å². The number of nitrogens with one attached hydrogen (secondary N) is 4. The molecule has 0 unspecified atom stereocenters. The number of aliphatic carboxylic acids is 1. The van der Waals surface area contributed by atoms with Crippen molar-refractivity contribution in [3.05, 3.63) is 54.6 Å². The molecule has 2 aliphatic rings. The molecule has 0 saturated carbocycles. The van der Waals surface area contributed by atoms with Gasteiger partial charge in [-0.25, -0.2) is 9.80 Å². The Balaban J connectivity index is 1.44. The van der Waals surface area contributed by atoms with Crippen molar-refractivity contribution in [2.75, 3.05) is 11.9 Å². The molecule has 2 aromatic rings. The van der Waals surface area contributed by atoms with E-state index in [0.29, 0.717) is 29.8 Å².